The van der Waals surface area contributed by atoms with Gasteiger partial charge in [0, 0.05) is 23.5 Å². The van der Waals surface area contributed by atoms with E-state index in [1.165, 1.54) is 6.42 Å². The number of carbonyl (C=O) groups is 2. The first-order valence-corrected chi connectivity index (χ1v) is 13.8. The van der Waals surface area contributed by atoms with Crippen LogP contribution in [0.5, 0.6) is 5.75 Å². The molecule has 0 radical (unpaired) electrons. The first-order chi connectivity index (χ1) is 18.0. The van der Waals surface area contributed by atoms with Crippen molar-refractivity contribution < 1.29 is 14.3 Å². The molecule has 6 heteroatoms. The largest absolute Gasteiger partial charge is 0.484 e. The predicted octanol–water partition coefficient (Wildman–Crippen LogP) is 6.23. The molecule has 1 fully saturated rings. The van der Waals surface area contributed by atoms with Gasteiger partial charge >= 0.3 is 0 Å². The predicted molar refractivity (Wildman–Crippen MR) is 150 cm³/mol. The van der Waals surface area contributed by atoms with E-state index in [9.17, 15) is 9.59 Å². The average molecular weight is 564 g/mol. The lowest BCUT2D eigenvalue weighted by Crippen LogP contribution is -2.53. The maximum atomic E-state index is 13.8. The fraction of sp³-hybridized carbons (Fsp3) is 0.355. The van der Waals surface area contributed by atoms with Crippen molar-refractivity contribution >= 4 is 27.7 Å². The van der Waals surface area contributed by atoms with Crippen molar-refractivity contribution in [3.8, 4) is 5.75 Å². The van der Waals surface area contributed by atoms with E-state index in [2.05, 4.69) is 21.2 Å². The molecule has 1 aliphatic carbocycles. The highest BCUT2D eigenvalue weighted by Gasteiger charge is 2.32. The van der Waals surface area contributed by atoms with Crippen LogP contribution in [0.15, 0.2) is 83.3 Å². The highest BCUT2D eigenvalue weighted by Crippen LogP contribution is 2.21. The van der Waals surface area contributed by atoms with E-state index in [1.54, 1.807) is 4.90 Å². The summed E-state index contributed by atoms with van der Waals surface area (Å²) in [7, 11) is 0. The van der Waals surface area contributed by atoms with E-state index in [0.29, 0.717) is 18.7 Å². The molecule has 5 nitrogen and oxygen atoms in total. The van der Waals surface area contributed by atoms with Crippen molar-refractivity contribution in [3.63, 3.8) is 0 Å². The SMILES string of the molecule is Cc1ccc(OCC(=O)N(Cc2ccc(Br)cc2)[C@H](Cc2ccccc2)C(=O)NC2CCCCC2)cc1. The van der Waals surface area contributed by atoms with Crippen molar-refractivity contribution in [1.82, 2.24) is 10.2 Å². The minimum atomic E-state index is -0.651. The van der Waals surface area contributed by atoms with Gasteiger partial charge in [-0.1, -0.05) is 95.4 Å². The molecule has 1 N–H and O–H groups in total. The van der Waals surface area contributed by atoms with E-state index in [0.717, 1.165) is 46.8 Å². The highest BCUT2D eigenvalue weighted by atomic mass is 79.9. The topological polar surface area (TPSA) is 58.6 Å². The van der Waals surface area contributed by atoms with Crippen molar-refractivity contribution in [2.75, 3.05) is 6.61 Å². The van der Waals surface area contributed by atoms with Gasteiger partial charge in [0.1, 0.15) is 11.8 Å². The molecule has 1 atom stereocenters. The molecule has 0 aliphatic heterocycles. The number of amides is 2. The zero-order valence-electron chi connectivity index (χ0n) is 21.4. The van der Waals surface area contributed by atoms with Gasteiger partial charge in [-0.25, -0.2) is 0 Å². The maximum absolute atomic E-state index is 13.8. The van der Waals surface area contributed by atoms with E-state index in [-0.39, 0.29) is 24.5 Å². The van der Waals surface area contributed by atoms with Gasteiger partial charge in [-0.3, -0.25) is 9.59 Å². The Balaban J connectivity index is 1.59. The van der Waals surface area contributed by atoms with Crippen molar-refractivity contribution in [2.45, 2.75) is 64.1 Å². The standard InChI is InChI=1S/C31H35BrN2O3/c1-23-12-18-28(19-13-23)37-22-30(35)34(21-25-14-16-26(32)17-15-25)29(20-24-8-4-2-5-9-24)31(36)33-27-10-6-3-7-11-27/h2,4-5,8-9,12-19,27,29H,3,6-7,10-11,20-22H2,1H3,(H,33,36)/t29-/m1/s1. The third-order valence-corrected chi connectivity index (χ3v) is 7.40. The smallest absolute Gasteiger partial charge is 0.261 e. The van der Waals surface area contributed by atoms with Crippen LogP contribution in [0.2, 0.25) is 0 Å². The molecular weight excluding hydrogens is 528 g/mol. The number of ether oxygens (including phenoxy) is 1. The van der Waals surface area contributed by atoms with Crippen molar-refractivity contribution in [3.05, 3.63) is 100 Å². The zero-order chi connectivity index (χ0) is 26.0. The Morgan fingerprint density at radius 2 is 1.59 bits per heavy atom. The van der Waals surface area contributed by atoms with Crippen LogP contribution in [-0.4, -0.2) is 35.4 Å². The molecule has 194 valence electrons. The second kappa shape index (κ2) is 13.4. The van der Waals surface area contributed by atoms with Crippen molar-refractivity contribution in [2.24, 2.45) is 0 Å². The number of aryl methyl sites for hydroxylation is 1. The summed E-state index contributed by atoms with van der Waals surface area (Å²) in [4.78, 5) is 29.1. The molecule has 0 unspecified atom stereocenters. The quantitative estimate of drug-likeness (QED) is 0.319. The molecule has 0 saturated heterocycles. The van der Waals surface area contributed by atoms with E-state index in [4.69, 9.17) is 4.74 Å². The van der Waals surface area contributed by atoms with Gasteiger partial charge in [-0.15, -0.1) is 0 Å². The van der Waals surface area contributed by atoms with Gasteiger partial charge in [-0.05, 0) is 55.2 Å². The second-order valence-corrected chi connectivity index (χ2v) is 10.7. The fourth-order valence-electron chi connectivity index (χ4n) is 4.75. The van der Waals surface area contributed by atoms with Crippen LogP contribution in [0.3, 0.4) is 0 Å². The van der Waals surface area contributed by atoms with Crippen LogP contribution >= 0.6 is 15.9 Å². The van der Waals surface area contributed by atoms with E-state index >= 15 is 0 Å². The minimum absolute atomic E-state index is 0.100. The Hall–Kier alpha value is -3.12. The van der Waals surface area contributed by atoms with Crippen LogP contribution in [0.1, 0.15) is 48.8 Å². The van der Waals surface area contributed by atoms with Gasteiger partial charge in [0.05, 0.1) is 0 Å². The minimum Gasteiger partial charge on any atom is -0.484 e. The van der Waals surface area contributed by atoms with E-state index in [1.807, 2.05) is 85.8 Å². The average Bonchev–Trinajstić information content (AvgIpc) is 2.92. The Bertz CT molecular complexity index is 1140. The van der Waals surface area contributed by atoms with Crippen LogP contribution in [0, 0.1) is 6.92 Å². The molecule has 2 amide bonds. The van der Waals surface area contributed by atoms with Crippen molar-refractivity contribution in [1.29, 1.82) is 0 Å². The molecule has 37 heavy (non-hydrogen) atoms. The summed E-state index contributed by atoms with van der Waals surface area (Å²) >= 11 is 3.48. The Kier molecular flexibility index (Phi) is 9.78. The molecule has 0 aromatic heterocycles. The van der Waals surface area contributed by atoms with Crippen LogP contribution in [0.25, 0.3) is 0 Å². The van der Waals surface area contributed by atoms with Gasteiger partial charge < -0.3 is 15.0 Å². The highest BCUT2D eigenvalue weighted by molar-refractivity contribution is 9.10. The zero-order valence-corrected chi connectivity index (χ0v) is 23.0. The number of carbonyl (C=O) groups excluding carboxylic acids is 2. The number of nitrogens with one attached hydrogen (secondary N) is 1. The summed E-state index contributed by atoms with van der Waals surface area (Å²) in [5.41, 5.74) is 3.09. The maximum Gasteiger partial charge on any atom is 0.261 e. The third kappa shape index (κ3) is 8.19. The molecule has 1 aliphatic rings. The number of benzene rings is 3. The normalized spacial score (nSPS) is 14.5. The fourth-order valence-corrected chi connectivity index (χ4v) is 5.01. The lowest BCUT2D eigenvalue weighted by Gasteiger charge is -2.33. The first kappa shape index (κ1) is 26.9. The summed E-state index contributed by atoms with van der Waals surface area (Å²) < 4.78 is 6.83. The van der Waals surface area contributed by atoms with E-state index < -0.39 is 6.04 Å². The summed E-state index contributed by atoms with van der Waals surface area (Å²) in [5.74, 6) is 0.313. The summed E-state index contributed by atoms with van der Waals surface area (Å²) in [6, 6.07) is 24.9. The molecular formula is C31H35BrN2O3. The number of hydrogen-bond donors (Lipinski definition) is 1. The summed E-state index contributed by atoms with van der Waals surface area (Å²) in [5, 5.41) is 3.27. The summed E-state index contributed by atoms with van der Waals surface area (Å²) in [6.45, 7) is 2.19. The van der Waals surface area contributed by atoms with Crippen LogP contribution < -0.4 is 10.1 Å². The monoisotopic (exact) mass is 562 g/mol. The van der Waals surface area contributed by atoms with Crippen LogP contribution in [0.4, 0.5) is 0 Å². The summed E-state index contributed by atoms with van der Waals surface area (Å²) in [6.07, 6.45) is 5.87. The van der Waals surface area contributed by atoms with Gasteiger partial charge in [0.15, 0.2) is 6.61 Å². The first-order valence-electron chi connectivity index (χ1n) is 13.1. The molecule has 0 bridgehead atoms. The van der Waals surface area contributed by atoms with Gasteiger partial charge in [0.2, 0.25) is 5.91 Å². The molecule has 3 aromatic carbocycles. The van der Waals surface area contributed by atoms with Crippen LogP contribution in [-0.2, 0) is 22.6 Å². The second-order valence-electron chi connectivity index (χ2n) is 9.80. The van der Waals surface area contributed by atoms with Gasteiger partial charge in [-0.2, -0.15) is 0 Å². The number of halogens is 1. The van der Waals surface area contributed by atoms with Gasteiger partial charge in [0.25, 0.3) is 5.91 Å². The number of hydrogen-bond acceptors (Lipinski definition) is 3. The lowest BCUT2D eigenvalue weighted by atomic mass is 9.94. The molecule has 4 rings (SSSR count). The molecule has 3 aromatic rings. The lowest BCUT2D eigenvalue weighted by molar-refractivity contribution is -0.143. The Morgan fingerprint density at radius 1 is 0.919 bits per heavy atom. The Morgan fingerprint density at radius 3 is 2.27 bits per heavy atom. The number of rotatable bonds is 10. The molecule has 0 spiro atoms. The number of nitrogens with zero attached hydrogens (tertiary/aromatic N) is 1. The third-order valence-electron chi connectivity index (χ3n) is 6.87. The molecule has 0 heterocycles. The molecule has 1 saturated carbocycles. The Labute approximate surface area is 228 Å².